The first-order chi connectivity index (χ1) is 7.07. The van der Waals surface area contributed by atoms with Crippen LogP contribution in [-0.2, 0) is 0 Å². The van der Waals surface area contributed by atoms with E-state index in [1.165, 1.54) is 12.1 Å². The number of hydrogen-bond donors (Lipinski definition) is 2. The van der Waals surface area contributed by atoms with E-state index >= 15 is 0 Å². The van der Waals surface area contributed by atoms with Crippen molar-refractivity contribution in [1.82, 2.24) is 0 Å². The van der Waals surface area contributed by atoms with Gasteiger partial charge in [0.1, 0.15) is 11.6 Å². The Morgan fingerprint density at radius 2 is 2.19 bits per heavy atom. The summed E-state index contributed by atoms with van der Waals surface area (Å²) < 4.78 is 13.4. The molecule has 0 aliphatic carbocycles. The molecule has 0 saturated carbocycles. The van der Waals surface area contributed by atoms with Crippen molar-refractivity contribution < 1.29 is 9.50 Å². The molecule has 0 amide bonds. The fourth-order valence-electron chi connectivity index (χ4n) is 1.49. The first-order valence-electron chi connectivity index (χ1n) is 4.92. The number of rotatable bonds is 4. The van der Waals surface area contributed by atoms with Gasteiger partial charge >= 0.3 is 0 Å². The van der Waals surface area contributed by atoms with E-state index in [1.54, 1.807) is 13.0 Å². The van der Waals surface area contributed by atoms with Crippen LogP contribution >= 0.6 is 12.4 Å². The molecule has 2 nitrogen and oxygen atoms in total. The van der Waals surface area contributed by atoms with Crippen molar-refractivity contribution in [3.8, 4) is 5.75 Å². The Balaban J connectivity index is 0.00000225. The zero-order chi connectivity index (χ0) is 11.4. The van der Waals surface area contributed by atoms with E-state index in [0.29, 0.717) is 18.4 Å². The standard InChI is InChI=1S/C12H16FNO.ClH/c1-3-4-5-10(14)11-9(13)7-6-8(2)12(11)15;/h3,6-7,10,15H,1,4-5,14H2,2H3;1H/t10-;/m1./s1. The van der Waals surface area contributed by atoms with E-state index < -0.39 is 11.9 Å². The summed E-state index contributed by atoms with van der Waals surface area (Å²) in [6.45, 7) is 5.30. The Morgan fingerprint density at radius 3 is 2.75 bits per heavy atom. The van der Waals surface area contributed by atoms with Crippen molar-refractivity contribution in [3.05, 3.63) is 41.7 Å². The van der Waals surface area contributed by atoms with E-state index in [2.05, 4.69) is 6.58 Å². The Hall–Kier alpha value is -1.06. The maximum Gasteiger partial charge on any atom is 0.131 e. The number of aryl methyl sites for hydroxylation is 1. The lowest BCUT2D eigenvalue weighted by atomic mass is 9.99. The summed E-state index contributed by atoms with van der Waals surface area (Å²) in [5.74, 6) is -0.485. The smallest absolute Gasteiger partial charge is 0.131 e. The number of phenolic OH excluding ortho intramolecular Hbond substituents is 1. The second kappa shape index (κ2) is 6.51. The largest absolute Gasteiger partial charge is 0.507 e. The van der Waals surface area contributed by atoms with Crippen LogP contribution in [0, 0.1) is 12.7 Å². The third kappa shape index (κ3) is 3.22. The van der Waals surface area contributed by atoms with Gasteiger partial charge in [0.05, 0.1) is 0 Å². The van der Waals surface area contributed by atoms with Crippen LogP contribution in [-0.4, -0.2) is 5.11 Å². The summed E-state index contributed by atoms with van der Waals surface area (Å²) in [6.07, 6.45) is 3.01. The number of halogens is 2. The highest BCUT2D eigenvalue weighted by Gasteiger charge is 2.16. The molecule has 90 valence electrons. The maximum absolute atomic E-state index is 13.4. The van der Waals surface area contributed by atoms with Gasteiger partial charge in [-0.2, -0.15) is 0 Å². The fourth-order valence-corrected chi connectivity index (χ4v) is 1.49. The number of allylic oxidation sites excluding steroid dienone is 1. The van der Waals surface area contributed by atoms with Crippen molar-refractivity contribution in [2.24, 2.45) is 5.73 Å². The third-order valence-corrected chi connectivity index (χ3v) is 2.42. The molecule has 0 saturated heterocycles. The molecule has 0 aromatic heterocycles. The SMILES string of the molecule is C=CCC[C@@H](N)c1c(F)ccc(C)c1O.Cl. The van der Waals surface area contributed by atoms with Crippen LogP contribution < -0.4 is 5.73 Å². The number of hydrogen-bond acceptors (Lipinski definition) is 2. The van der Waals surface area contributed by atoms with Crippen LogP contribution in [0.15, 0.2) is 24.8 Å². The molecular formula is C12H17ClFNO. The minimum atomic E-state index is -0.483. The molecule has 0 heterocycles. The van der Waals surface area contributed by atoms with Crippen molar-refractivity contribution in [1.29, 1.82) is 0 Å². The van der Waals surface area contributed by atoms with Crippen LogP contribution in [0.25, 0.3) is 0 Å². The van der Waals surface area contributed by atoms with Gasteiger partial charge in [0, 0.05) is 11.6 Å². The Kier molecular flexibility index (Phi) is 6.08. The van der Waals surface area contributed by atoms with Gasteiger partial charge < -0.3 is 10.8 Å². The lowest BCUT2D eigenvalue weighted by molar-refractivity contribution is 0.441. The van der Waals surface area contributed by atoms with Crippen LogP contribution in [0.2, 0.25) is 0 Å². The molecule has 1 aromatic carbocycles. The normalized spacial score (nSPS) is 11.7. The minimum absolute atomic E-state index is 0. The molecule has 0 fully saturated rings. The summed E-state index contributed by atoms with van der Waals surface area (Å²) in [6, 6.07) is 2.38. The Morgan fingerprint density at radius 1 is 1.56 bits per heavy atom. The highest BCUT2D eigenvalue weighted by molar-refractivity contribution is 5.85. The Bertz CT molecular complexity index is 368. The fraction of sp³-hybridized carbons (Fsp3) is 0.333. The van der Waals surface area contributed by atoms with Gasteiger partial charge in [0.15, 0.2) is 0 Å². The second-order valence-corrected chi connectivity index (χ2v) is 3.60. The summed E-state index contributed by atoms with van der Waals surface area (Å²) in [7, 11) is 0. The summed E-state index contributed by atoms with van der Waals surface area (Å²) in [5, 5.41) is 9.70. The van der Waals surface area contributed by atoms with Gasteiger partial charge in [0.25, 0.3) is 0 Å². The van der Waals surface area contributed by atoms with Crippen molar-refractivity contribution >= 4 is 12.4 Å². The molecule has 0 aliphatic heterocycles. The number of nitrogens with two attached hydrogens (primary N) is 1. The molecule has 3 N–H and O–H groups in total. The highest BCUT2D eigenvalue weighted by atomic mass is 35.5. The minimum Gasteiger partial charge on any atom is -0.507 e. The number of aromatic hydroxyl groups is 1. The predicted molar refractivity (Wildman–Crippen MR) is 66.4 cm³/mol. The first kappa shape index (κ1) is 14.9. The average molecular weight is 246 g/mol. The topological polar surface area (TPSA) is 46.2 Å². The van der Waals surface area contributed by atoms with Crippen LogP contribution in [0.4, 0.5) is 4.39 Å². The highest BCUT2D eigenvalue weighted by Crippen LogP contribution is 2.31. The van der Waals surface area contributed by atoms with E-state index in [0.717, 1.165) is 0 Å². The van der Waals surface area contributed by atoms with Gasteiger partial charge in [0.2, 0.25) is 0 Å². The van der Waals surface area contributed by atoms with E-state index in [1.807, 2.05) is 0 Å². The van der Waals surface area contributed by atoms with Crippen LogP contribution in [0.5, 0.6) is 5.75 Å². The van der Waals surface area contributed by atoms with E-state index in [9.17, 15) is 9.50 Å². The van der Waals surface area contributed by atoms with Gasteiger partial charge in [-0.15, -0.1) is 19.0 Å². The van der Waals surface area contributed by atoms with Crippen molar-refractivity contribution in [2.75, 3.05) is 0 Å². The van der Waals surface area contributed by atoms with Gasteiger partial charge in [-0.3, -0.25) is 0 Å². The molecule has 0 spiro atoms. The molecule has 0 aliphatic rings. The summed E-state index contributed by atoms with van der Waals surface area (Å²) >= 11 is 0. The molecule has 0 radical (unpaired) electrons. The zero-order valence-electron chi connectivity index (χ0n) is 9.24. The van der Waals surface area contributed by atoms with Gasteiger partial charge in [-0.05, 0) is 31.4 Å². The monoisotopic (exact) mass is 245 g/mol. The van der Waals surface area contributed by atoms with Gasteiger partial charge in [-0.1, -0.05) is 12.1 Å². The quantitative estimate of drug-likeness (QED) is 0.800. The van der Waals surface area contributed by atoms with Crippen LogP contribution in [0.3, 0.4) is 0 Å². The molecule has 0 bridgehead atoms. The van der Waals surface area contributed by atoms with Crippen molar-refractivity contribution in [2.45, 2.75) is 25.8 Å². The molecule has 1 atom stereocenters. The van der Waals surface area contributed by atoms with Crippen molar-refractivity contribution in [3.63, 3.8) is 0 Å². The lowest BCUT2D eigenvalue weighted by Crippen LogP contribution is -2.12. The first-order valence-corrected chi connectivity index (χ1v) is 4.92. The van der Waals surface area contributed by atoms with E-state index in [-0.39, 0.29) is 23.7 Å². The lowest BCUT2D eigenvalue weighted by Gasteiger charge is -2.15. The molecule has 16 heavy (non-hydrogen) atoms. The number of benzene rings is 1. The molecule has 1 aromatic rings. The van der Waals surface area contributed by atoms with E-state index in [4.69, 9.17) is 5.73 Å². The average Bonchev–Trinajstić information content (AvgIpc) is 2.21. The second-order valence-electron chi connectivity index (χ2n) is 3.60. The maximum atomic E-state index is 13.4. The zero-order valence-corrected chi connectivity index (χ0v) is 10.1. The number of phenols is 1. The molecule has 4 heteroatoms. The molecule has 1 rings (SSSR count). The Labute approximate surface area is 101 Å². The summed E-state index contributed by atoms with van der Waals surface area (Å²) in [5.41, 5.74) is 6.65. The molecular weight excluding hydrogens is 229 g/mol. The van der Waals surface area contributed by atoms with Gasteiger partial charge in [-0.25, -0.2) is 4.39 Å². The molecule has 0 unspecified atom stereocenters. The summed E-state index contributed by atoms with van der Waals surface area (Å²) in [4.78, 5) is 0. The third-order valence-electron chi connectivity index (χ3n) is 2.42. The van der Waals surface area contributed by atoms with Crippen LogP contribution in [0.1, 0.15) is 30.0 Å². The predicted octanol–water partition coefficient (Wildman–Crippen LogP) is 3.23.